The highest BCUT2D eigenvalue weighted by atomic mass is 16.5. The highest BCUT2D eigenvalue weighted by Gasteiger charge is 2.23. The Morgan fingerprint density at radius 1 is 1.22 bits per heavy atom. The number of methoxy groups -OCH3 is 1. The standard InChI is InChI=1S/C22H24N2O3/c1-26-19-11-5-9-17-13-20(27-21(17)19)22(25)23-18-10-6-12-24(15-18)14-16-7-3-2-4-8-16/h2-5,7-9,11,13,18H,6,10,12,14-15H2,1H3,(H,23,25). The number of furan rings is 1. The summed E-state index contributed by atoms with van der Waals surface area (Å²) in [7, 11) is 1.60. The van der Waals surface area contributed by atoms with Crippen molar-refractivity contribution in [2.45, 2.75) is 25.4 Å². The van der Waals surface area contributed by atoms with Crippen molar-refractivity contribution in [3.05, 3.63) is 65.9 Å². The van der Waals surface area contributed by atoms with E-state index in [-0.39, 0.29) is 11.9 Å². The van der Waals surface area contributed by atoms with Gasteiger partial charge in [-0.25, -0.2) is 0 Å². The lowest BCUT2D eigenvalue weighted by molar-refractivity contribution is 0.0875. The second kappa shape index (κ2) is 7.84. The van der Waals surface area contributed by atoms with Gasteiger partial charge in [-0.05, 0) is 37.1 Å². The first-order chi connectivity index (χ1) is 13.2. The van der Waals surface area contributed by atoms with E-state index in [4.69, 9.17) is 9.15 Å². The summed E-state index contributed by atoms with van der Waals surface area (Å²) in [5.74, 6) is 0.799. The van der Waals surface area contributed by atoms with Gasteiger partial charge in [0.25, 0.3) is 5.91 Å². The van der Waals surface area contributed by atoms with Crippen molar-refractivity contribution >= 4 is 16.9 Å². The maximum atomic E-state index is 12.7. The second-order valence-corrected chi connectivity index (χ2v) is 7.02. The number of carbonyl (C=O) groups excluding carboxylic acids is 1. The number of benzene rings is 2. The van der Waals surface area contributed by atoms with Crippen LogP contribution in [-0.2, 0) is 6.54 Å². The van der Waals surface area contributed by atoms with Crippen LogP contribution in [0.15, 0.2) is 59.0 Å². The molecule has 0 saturated carbocycles. The minimum Gasteiger partial charge on any atom is -0.493 e. The molecule has 4 rings (SSSR count). The average molecular weight is 364 g/mol. The number of amides is 1. The van der Waals surface area contributed by atoms with E-state index in [2.05, 4.69) is 34.5 Å². The summed E-state index contributed by atoms with van der Waals surface area (Å²) in [6, 6.07) is 18.0. The largest absolute Gasteiger partial charge is 0.493 e. The predicted molar refractivity (Wildman–Crippen MR) is 105 cm³/mol. The number of nitrogens with zero attached hydrogens (tertiary/aromatic N) is 1. The van der Waals surface area contributed by atoms with Crippen LogP contribution in [0, 0.1) is 0 Å². The maximum absolute atomic E-state index is 12.7. The van der Waals surface area contributed by atoms with Gasteiger partial charge in [-0.15, -0.1) is 0 Å². The quantitative estimate of drug-likeness (QED) is 0.747. The summed E-state index contributed by atoms with van der Waals surface area (Å²) >= 11 is 0. The van der Waals surface area contributed by atoms with Gasteiger partial charge in [-0.2, -0.15) is 0 Å². The van der Waals surface area contributed by atoms with Crippen LogP contribution in [0.1, 0.15) is 29.0 Å². The molecule has 27 heavy (non-hydrogen) atoms. The highest BCUT2D eigenvalue weighted by molar-refractivity contribution is 5.97. The molecule has 1 aromatic heterocycles. The smallest absolute Gasteiger partial charge is 0.287 e. The van der Waals surface area contributed by atoms with E-state index in [1.165, 1.54) is 5.56 Å². The van der Waals surface area contributed by atoms with E-state index in [0.29, 0.717) is 17.1 Å². The number of hydrogen-bond donors (Lipinski definition) is 1. The number of piperidine rings is 1. The predicted octanol–water partition coefficient (Wildman–Crippen LogP) is 3.84. The van der Waals surface area contributed by atoms with Gasteiger partial charge in [0.15, 0.2) is 17.1 Å². The molecule has 1 N–H and O–H groups in total. The molecule has 5 heteroatoms. The average Bonchev–Trinajstić information content (AvgIpc) is 3.13. The fraction of sp³-hybridized carbons (Fsp3) is 0.318. The van der Waals surface area contributed by atoms with Crippen LogP contribution in [0.4, 0.5) is 0 Å². The third-order valence-corrected chi connectivity index (χ3v) is 5.04. The fourth-order valence-electron chi connectivity index (χ4n) is 3.72. The first-order valence-corrected chi connectivity index (χ1v) is 9.36. The summed E-state index contributed by atoms with van der Waals surface area (Å²) in [5, 5.41) is 4.00. The maximum Gasteiger partial charge on any atom is 0.287 e. The van der Waals surface area contributed by atoms with Crippen LogP contribution >= 0.6 is 0 Å². The molecule has 1 aliphatic rings. The molecule has 5 nitrogen and oxygen atoms in total. The van der Waals surface area contributed by atoms with Gasteiger partial charge in [-0.1, -0.05) is 42.5 Å². The number of carbonyl (C=O) groups is 1. The Bertz CT molecular complexity index is 920. The summed E-state index contributed by atoms with van der Waals surface area (Å²) in [4.78, 5) is 15.1. The molecule has 1 atom stereocenters. The molecule has 1 amide bonds. The van der Waals surface area contributed by atoms with Crippen molar-refractivity contribution in [2.75, 3.05) is 20.2 Å². The minimum absolute atomic E-state index is 0.130. The number of nitrogens with one attached hydrogen (secondary N) is 1. The van der Waals surface area contributed by atoms with E-state index in [0.717, 1.165) is 37.9 Å². The highest BCUT2D eigenvalue weighted by Crippen LogP contribution is 2.28. The topological polar surface area (TPSA) is 54.7 Å². The van der Waals surface area contributed by atoms with Gasteiger partial charge >= 0.3 is 0 Å². The van der Waals surface area contributed by atoms with Gasteiger partial charge in [0, 0.05) is 24.5 Å². The normalized spacial score (nSPS) is 17.7. The van der Waals surface area contributed by atoms with Crippen LogP contribution in [0.25, 0.3) is 11.0 Å². The van der Waals surface area contributed by atoms with E-state index < -0.39 is 0 Å². The molecule has 0 spiro atoms. The first-order valence-electron chi connectivity index (χ1n) is 9.36. The zero-order valence-electron chi connectivity index (χ0n) is 15.5. The number of ether oxygens (including phenoxy) is 1. The summed E-state index contributed by atoms with van der Waals surface area (Å²) in [6.07, 6.45) is 2.06. The van der Waals surface area contributed by atoms with Crippen LogP contribution in [0.3, 0.4) is 0 Å². The Labute approximate surface area is 158 Å². The molecule has 0 aliphatic carbocycles. The fourth-order valence-corrected chi connectivity index (χ4v) is 3.72. The van der Waals surface area contributed by atoms with E-state index in [9.17, 15) is 4.79 Å². The van der Waals surface area contributed by atoms with Crippen molar-refractivity contribution in [1.82, 2.24) is 10.2 Å². The van der Waals surface area contributed by atoms with Crippen molar-refractivity contribution in [3.8, 4) is 5.75 Å². The minimum atomic E-state index is -0.167. The molecule has 2 aromatic carbocycles. The summed E-state index contributed by atoms with van der Waals surface area (Å²) in [5.41, 5.74) is 1.91. The third-order valence-electron chi connectivity index (χ3n) is 5.04. The summed E-state index contributed by atoms with van der Waals surface area (Å²) < 4.78 is 11.1. The van der Waals surface area contributed by atoms with Gasteiger partial charge < -0.3 is 14.5 Å². The van der Waals surface area contributed by atoms with Gasteiger partial charge in [-0.3, -0.25) is 9.69 Å². The van der Waals surface area contributed by atoms with Crippen LogP contribution in [-0.4, -0.2) is 37.0 Å². The van der Waals surface area contributed by atoms with Gasteiger partial charge in [0.05, 0.1) is 7.11 Å². The molecule has 1 saturated heterocycles. The number of fused-ring (bicyclic) bond motifs is 1. The summed E-state index contributed by atoms with van der Waals surface area (Å²) in [6.45, 7) is 2.82. The van der Waals surface area contributed by atoms with Gasteiger partial charge in [0.2, 0.25) is 0 Å². The molecule has 140 valence electrons. The van der Waals surface area contributed by atoms with Crippen molar-refractivity contribution in [3.63, 3.8) is 0 Å². The Kier molecular flexibility index (Phi) is 5.12. The Morgan fingerprint density at radius 3 is 2.89 bits per heavy atom. The lowest BCUT2D eigenvalue weighted by atomic mass is 10.0. The molecule has 1 fully saturated rings. The second-order valence-electron chi connectivity index (χ2n) is 7.02. The molecule has 3 aromatic rings. The Morgan fingerprint density at radius 2 is 2.07 bits per heavy atom. The van der Waals surface area contributed by atoms with Crippen LogP contribution in [0.5, 0.6) is 5.75 Å². The third kappa shape index (κ3) is 3.98. The number of para-hydroxylation sites is 1. The molecular weight excluding hydrogens is 340 g/mol. The van der Waals surface area contributed by atoms with Crippen LogP contribution in [0.2, 0.25) is 0 Å². The molecule has 1 aliphatic heterocycles. The monoisotopic (exact) mass is 364 g/mol. The van der Waals surface area contributed by atoms with E-state index in [1.807, 2.05) is 24.3 Å². The first kappa shape index (κ1) is 17.6. The number of likely N-dealkylation sites (tertiary alicyclic amines) is 1. The number of rotatable bonds is 5. The molecule has 2 heterocycles. The molecular formula is C22H24N2O3. The lowest BCUT2D eigenvalue weighted by Crippen LogP contribution is -2.47. The number of hydrogen-bond acceptors (Lipinski definition) is 4. The van der Waals surface area contributed by atoms with Crippen LogP contribution < -0.4 is 10.1 Å². The molecule has 1 unspecified atom stereocenters. The zero-order valence-corrected chi connectivity index (χ0v) is 15.5. The SMILES string of the molecule is COc1cccc2cc(C(=O)NC3CCCN(Cc4ccccc4)C3)oc12. The molecule has 0 bridgehead atoms. The lowest BCUT2D eigenvalue weighted by Gasteiger charge is -2.33. The van der Waals surface area contributed by atoms with E-state index in [1.54, 1.807) is 13.2 Å². The van der Waals surface area contributed by atoms with Crippen molar-refractivity contribution < 1.29 is 13.9 Å². The van der Waals surface area contributed by atoms with E-state index >= 15 is 0 Å². The zero-order chi connectivity index (χ0) is 18.6. The molecule has 0 radical (unpaired) electrons. The van der Waals surface area contributed by atoms with Crippen molar-refractivity contribution in [2.24, 2.45) is 0 Å². The Hall–Kier alpha value is -2.79. The van der Waals surface area contributed by atoms with Crippen molar-refractivity contribution in [1.29, 1.82) is 0 Å². The van der Waals surface area contributed by atoms with Gasteiger partial charge in [0.1, 0.15) is 0 Å². The Balaban J connectivity index is 1.41.